The summed E-state index contributed by atoms with van der Waals surface area (Å²) in [5, 5.41) is 0. The average molecular weight is 264 g/mol. The number of halogens is 3. The molecule has 6 heteroatoms. The minimum Gasteiger partial charge on any atom is -0.338 e. The molecule has 1 atom stereocenters. The Morgan fingerprint density at radius 1 is 1.33 bits per heavy atom. The lowest BCUT2D eigenvalue weighted by Gasteiger charge is -2.30. The molecule has 1 amide bonds. The molecule has 1 saturated carbocycles. The molecule has 2 rings (SSSR count). The fourth-order valence-electron chi connectivity index (χ4n) is 2.69. The number of likely N-dealkylation sites (tertiary alicyclic amines) is 1. The van der Waals surface area contributed by atoms with Gasteiger partial charge in [0.2, 0.25) is 5.91 Å². The SMILES string of the molecule is CC(=O)N(C[C@@H]1CCCN1CC(F)(F)F)C1CC1. The van der Waals surface area contributed by atoms with Crippen LogP contribution in [0.2, 0.25) is 0 Å². The number of alkyl halides is 3. The van der Waals surface area contributed by atoms with E-state index in [0.717, 1.165) is 25.7 Å². The van der Waals surface area contributed by atoms with Crippen LogP contribution in [0.1, 0.15) is 32.6 Å². The molecule has 2 aliphatic rings. The van der Waals surface area contributed by atoms with Crippen LogP contribution in [0.3, 0.4) is 0 Å². The van der Waals surface area contributed by atoms with Crippen LogP contribution in [-0.4, -0.2) is 53.6 Å². The van der Waals surface area contributed by atoms with E-state index in [-0.39, 0.29) is 18.0 Å². The first-order chi connectivity index (χ1) is 8.37. The van der Waals surface area contributed by atoms with Crippen LogP contribution < -0.4 is 0 Å². The largest absolute Gasteiger partial charge is 0.401 e. The van der Waals surface area contributed by atoms with Gasteiger partial charge in [-0.25, -0.2) is 0 Å². The number of nitrogens with zero attached hydrogens (tertiary/aromatic N) is 2. The Morgan fingerprint density at radius 2 is 2.00 bits per heavy atom. The van der Waals surface area contributed by atoms with Gasteiger partial charge in [-0.1, -0.05) is 0 Å². The van der Waals surface area contributed by atoms with E-state index in [1.54, 1.807) is 4.90 Å². The summed E-state index contributed by atoms with van der Waals surface area (Å²) >= 11 is 0. The van der Waals surface area contributed by atoms with Crippen molar-refractivity contribution in [3.05, 3.63) is 0 Å². The van der Waals surface area contributed by atoms with Crippen molar-refractivity contribution in [2.75, 3.05) is 19.6 Å². The second-order valence-corrected chi connectivity index (χ2v) is 5.28. The van der Waals surface area contributed by atoms with Crippen molar-refractivity contribution < 1.29 is 18.0 Å². The summed E-state index contributed by atoms with van der Waals surface area (Å²) in [6.07, 6.45) is -0.621. The number of hydrogen-bond acceptors (Lipinski definition) is 2. The van der Waals surface area contributed by atoms with Gasteiger partial charge in [-0.3, -0.25) is 9.69 Å². The van der Waals surface area contributed by atoms with Crippen LogP contribution in [0.5, 0.6) is 0 Å². The van der Waals surface area contributed by atoms with Crippen molar-refractivity contribution in [1.29, 1.82) is 0 Å². The van der Waals surface area contributed by atoms with Gasteiger partial charge in [0.15, 0.2) is 0 Å². The Labute approximate surface area is 105 Å². The van der Waals surface area contributed by atoms with Gasteiger partial charge in [0.05, 0.1) is 6.54 Å². The van der Waals surface area contributed by atoms with Crippen molar-refractivity contribution in [2.45, 2.75) is 50.9 Å². The summed E-state index contributed by atoms with van der Waals surface area (Å²) < 4.78 is 37.3. The molecule has 0 aromatic carbocycles. The van der Waals surface area contributed by atoms with Gasteiger partial charge < -0.3 is 4.90 Å². The molecule has 18 heavy (non-hydrogen) atoms. The van der Waals surface area contributed by atoms with E-state index in [1.165, 1.54) is 11.8 Å². The van der Waals surface area contributed by atoms with E-state index in [0.29, 0.717) is 13.1 Å². The van der Waals surface area contributed by atoms with Gasteiger partial charge in [0.1, 0.15) is 0 Å². The molecule has 0 spiro atoms. The van der Waals surface area contributed by atoms with Crippen molar-refractivity contribution >= 4 is 5.91 Å². The third-order valence-corrected chi connectivity index (χ3v) is 3.68. The Bertz CT molecular complexity index is 315. The fourth-order valence-corrected chi connectivity index (χ4v) is 2.69. The summed E-state index contributed by atoms with van der Waals surface area (Å²) in [5.74, 6) is -0.0173. The summed E-state index contributed by atoms with van der Waals surface area (Å²) in [6.45, 7) is 1.59. The lowest BCUT2D eigenvalue weighted by Crippen LogP contribution is -2.46. The van der Waals surface area contributed by atoms with Crippen molar-refractivity contribution in [3.8, 4) is 0 Å². The molecule has 0 N–H and O–H groups in total. The monoisotopic (exact) mass is 264 g/mol. The molecule has 0 aromatic rings. The first-order valence-corrected chi connectivity index (χ1v) is 6.45. The van der Waals surface area contributed by atoms with Crippen molar-refractivity contribution in [2.24, 2.45) is 0 Å². The van der Waals surface area contributed by atoms with E-state index >= 15 is 0 Å². The van der Waals surface area contributed by atoms with E-state index in [4.69, 9.17) is 0 Å². The molecule has 0 unspecified atom stereocenters. The molecular weight excluding hydrogens is 245 g/mol. The van der Waals surface area contributed by atoms with Gasteiger partial charge in [0, 0.05) is 25.6 Å². The molecule has 1 saturated heterocycles. The summed E-state index contributed by atoms with van der Waals surface area (Å²) in [6, 6.07) is 0.145. The zero-order chi connectivity index (χ0) is 13.3. The molecule has 104 valence electrons. The van der Waals surface area contributed by atoms with E-state index in [9.17, 15) is 18.0 Å². The summed E-state index contributed by atoms with van der Waals surface area (Å²) in [4.78, 5) is 14.7. The molecule has 1 aliphatic carbocycles. The quantitative estimate of drug-likeness (QED) is 0.775. The number of amides is 1. The number of rotatable bonds is 4. The molecule has 1 aliphatic heterocycles. The van der Waals surface area contributed by atoms with Crippen LogP contribution in [0.4, 0.5) is 13.2 Å². The molecule has 3 nitrogen and oxygen atoms in total. The van der Waals surface area contributed by atoms with Gasteiger partial charge >= 0.3 is 6.18 Å². The number of hydrogen-bond donors (Lipinski definition) is 0. The zero-order valence-electron chi connectivity index (χ0n) is 10.5. The second kappa shape index (κ2) is 5.07. The first-order valence-electron chi connectivity index (χ1n) is 6.45. The Balaban J connectivity index is 1.92. The van der Waals surface area contributed by atoms with Crippen LogP contribution in [-0.2, 0) is 4.79 Å². The Hall–Kier alpha value is -0.780. The highest BCUT2D eigenvalue weighted by Crippen LogP contribution is 2.30. The van der Waals surface area contributed by atoms with Crippen LogP contribution in [0.25, 0.3) is 0 Å². The highest BCUT2D eigenvalue weighted by Gasteiger charge is 2.39. The first kappa shape index (κ1) is 13.6. The summed E-state index contributed by atoms with van der Waals surface area (Å²) in [5.41, 5.74) is 0. The van der Waals surface area contributed by atoms with E-state index in [1.807, 2.05) is 0 Å². The standard InChI is InChI=1S/C12H19F3N2O/c1-9(18)17(10-4-5-10)7-11-3-2-6-16(11)8-12(13,14)15/h10-11H,2-8H2,1H3/t11-/m0/s1. The Kier molecular flexibility index (Phi) is 3.84. The van der Waals surface area contributed by atoms with Crippen LogP contribution >= 0.6 is 0 Å². The lowest BCUT2D eigenvalue weighted by molar-refractivity contribution is -0.149. The maximum absolute atomic E-state index is 12.4. The molecule has 0 radical (unpaired) electrons. The average Bonchev–Trinajstić information content (AvgIpc) is 2.96. The molecule has 2 fully saturated rings. The smallest absolute Gasteiger partial charge is 0.338 e. The number of carbonyl (C=O) groups is 1. The van der Waals surface area contributed by atoms with E-state index < -0.39 is 12.7 Å². The molecular formula is C12H19F3N2O. The number of carbonyl (C=O) groups excluding carboxylic acids is 1. The maximum Gasteiger partial charge on any atom is 0.401 e. The zero-order valence-corrected chi connectivity index (χ0v) is 10.5. The third-order valence-electron chi connectivity index (χ3n) is 3.68. The molecule has 1 heterocycles. The highest BCUT2D eigenvalue weighted by atomic mass is 19.4. The second-order valence-electron chi connectivity index (χ2n) is 5.28. The van der Waals surface area contributed by atoms with Crippen LogP contribution in [0, 0.1) is 0 Å². The van der Waals surface area contributed by atoms with E-state index in [2.05, 4.69) is 0 Å². The summed E-state index contributed by atoms with van der Waals surface area (Å²) in [7, 11) is 0. The third kappa shape index (κ3) is 3.60. The normalized spacial score (nSPS) is 25.4. The highest BCUT2D eigenvalue weighted by molar-refractivity contribution is 5.74. The van der Waals surface area contributed by atoms with Crippen molar-refractivity contribution in [1.82, 2.24) is 9.80 Å². The minimum atomic E-state index is -4.15. The predicted octanol–water partition coefficient (Wildman–Crippen LogP) is 2.02. The Morgan fingerprint density at radius 3 is 2.50 bits per heavy atom. The molecule has 0 aromatic heterocycles. The van der Waals surface area contributed by atoms with Gasteiger partial charge in [-0.05, 0) is 32.2 Å². The van der Waals surface area contributed by atoms with Gasteiger partial charge in [-0.15, -0.1) is 0 Å². The van der Waals surface area contributed by atoms with Crippen LogP contribution in [0.15, 0.2) is 0 Å². The maximum atomic E-state index is 12.4. The van der Waals surface area contributed by atoms with Gasteiger partial charge in [0.25, 0.3) is 0 Å². The lowest BCUT2D eigenvalue weighted by atomic mass is 10.2. The van der Waals surface area contributed by atoms with Gasteiger partial charge in [-0.2, -0.15) is 13.2 Å². The van der Waals surface area contributed by atoms with Crippen molar-refractivity contribution in [3.63, 3.8) is 0 Å². The minimum absolute atomic E-state index is 0.0173. The fraction of sp³-hybridized carbons (Fsp3) is 0.917. The molecule has 0 bridgehead atoms. The predicted molar refractivity (Wildman–Crippen MR) is 61.1 cm³/mol. The topological polar surface area (TPSA) is 23.6 Å².